The van der Waals surface area contributed by atoms with E-state index in [1.54, 1.807) is 0 Å². The second kappa shape index (κ2) is 40.3. The van der Waals surface area contributed by atoms with E-state index in [0.29, 0.717) is 19.3 Å². The van der Waals surface area contributed by atoms with Crippen LogP contribution < -0.4 is 0 Å². The molecule has 0 saturated heterocycles. The van der Waals surface area contributed by atoms with Gasteiger partial charge in [0.25, 0.3) is 0 Å². The molecule has 0 spiro atoms. The predicted molar refractivity (Wildman–Crippen MR) is 234 cm³/mol. The van der Waals surface area contributed by atoms with Gasteiger partial charge in [-0.1, -0.05) is 159 Å². The molecule has 0 bridgehead atoms. The van der Waals surface area contributed by atoms with E-state index in [1.807, 2.05) is 19.1 Å². The minimum Gasteiger partial charge on any atom is -0.462 e. The largest absolute Gasteiger partial charge is 0.472 e. The number of carbonyl (C=O) groups is 2. The number of rotatable bonds is 41. The fraction of sp³-hybridized carbons (Fsp3) is 0.783. The maximum Gasteiger partial charge on any atom is 0.472 e. The third-order valence-corrected chi connectivity index (χ3v) is 10.5. The van der Waals surface area contributed by atoms with E-state index < -0.39 is 51.8 Å². The molecule has 4 atom stereocenters. The summed E-state index contributed by atoms with van der Waals surface area (Å²) >= 11 is 0. The Bertz CT molecular complexity index is 1140. The fourth-order valence-electron chi connectivity index (χ4n) is 5.92. The normalized spacial score (nSPS) is 14.9. The van der Waals surface area contributed by atoms with Crippen LogP contribution in [0.1, 0.15) is 181 Å². The number of esters is 2. The molecule has 0 aliphatic rings. The van der Waals surface area contributed by atoms with Crippen LogP contribution in [0.15, 0.2) is 48.6 Å². The first-order valence-electron chi connectivity index (χ1n) is 22.5. The number of phosphoric acid groups is 1. The third-order valence-electron chi connectivity index (χ3n) is 9.58. The summed E-state index contributed by atoms with van der Waals surface area (Å²) in [7, 11) is -4.64. The first-order valence-corrected chi connectivity index (χ1v) is 24.0. The predicted octanol–water partition coefficient (Wildman–Crippen LogP) is 10.9. The van der Waals surface area contributed by atoms with Gasteiger partial charge in [0.15, 0.2) is 6.10 Å². The van der Waals surface area contributed by atoms with Crippen LogP contribution in [0.4, 0.5) is 0 Å². The average molecular weight is 843 g/mol. The van der Waals surface area contributed by atoms with Gasteiger partial charge in [-0.05, 0) is 63.7 Å². The number of allylic oxidation sites excluding steroid dienone is 8. The van der Waals surface area contributed by atoms with Crippen molar-refractivity contribution in [3.63, 3.8) is 0 Å². The van der Waals surface area contributed by atoms with Crippen LogP contribution in [0.3, 0.4) is 0 Å². The summed E-state index contributed by atoms with van der Waals surface area (Å²) < 4.78 is 32.7. The van der Waals surface area contributed by atoms with Crippen molar-refractivity contribution in [1.82, 2.24) is 0 Å². The first kappa shape index (κ1) is 55.9. The number of phosphoric ester groups is 1. The monoisotopic (exact) mass is 843 g/mol. The zero-order valence-corrected chi connectivity index (χ0v) is 37.4. The highest BCUT2D eigenvalue weighted by Gasteiger charge is 2.27. The van der Waals surface area contributed by atoms with Gasteiger partial charge in [-0.3, -0.25) is 18.6 Å². The lowest BCUT2D eigenvalue weighted by atomic mass is 10.0. The molecular weight excluding hydrogens is 759 g/mol. The Morgan fingerprint density at radius 3 is 1.55 bits per heavy atom. The molecule has 0 heterocycles. The summed E-state index contributed by atoms with van der Waals surface area (Å²) in [6, 6.07) is 0. The van der Waals surface area contributed by atoms with Crippen molar-refractivity contribution in [2.45, 2.75) is 200 Å². The Morgan fingerprint density at radius 2 is 1.03 bits per heavy atom. The summed E-state index contributed by atoms with van der Waals surface area (Å²) in [5, 5.41) is 27.9. The molecular formula is C46H83O11P. The number of carbonyl (C=O) groups excluding carboxylic acids is 2. The van der Waals surface area contributed by atoms with Gasteiger partial charge in [0.1, 0.15) is 12.7 Å². The number of aliphatic hydroxyl groups is 3. The molecule has 0 aromatic heterocycles. The van der Waals surface area contributed by atoms with E-state index in [2.05, 4.69) is 54.8 Å². The van der Waals surface area contributed by atoms with E-state index in [0.717, 1.165) is 63.7 Å². The summed E-state index contributed by atoms with van der Waals surface area (Å²) in [6.07, 6.45) is 38.9. The second-order valence-corrected chi connectivity index (χ2v) is 17.2. The van der Waals surface area contributed by atoms with E-state index in [9.17, 15) is 29.3 Å². The number of hydrogen-bond donors (Lipinski definition) is 4. The molecule has 0 aromatic rings. The Labute approximate surface area is 352 Å². The van der Waals surface area contributed by atoms with Crippen LogP contribution >= 0.6 is 7.82 Å². The van der Waals surface area contributed by atoms with Crippen molar-refractivity contribution in [1.29, 1.82) is 0 Å². The van der Waals surface area contributed by atoms with Crippen LogP contribution in [0.25, 0.3) is 0 Å². The molecule has 1 unspecified atom stereocenters. The lowest BCUT2D eigenvalue weighted by molar-refractivity contribution is -0.161. The molecule has 4 N–H and O–H groups in total. The van der Waals surface area contributed by atoms with Crippen molar-refractivity contribution in [2.75, 3.05) is 26.4 Å². The second-order valence-electron chi connectivity index (χ2n) is 15.7. The van der Waals surface area contributed by atoms with E-state index >= 15 is 0 Å². The van der Waals surface area contributed by atoms with Gasteiger partial charge in [-0.2, -0.15) is 0 Å². The van der Waals surface area contributed by atoms with Crippen molar-refractivity contribution < 1.29 is 52.9 Å². The van der Waals surface area contributed by atoms with E-state index in [1.165, 1.54) is 70.6 Å². The molecule has 0 aliphatic heterocycles. The molecule has 12 heteroatoms. The minimum atomic E-state index is -4.64. The van der Waals surface area contributed by atoms with Crippen LogP contribution in [-0.4, -0.2) is 76.9 Å². The van der Waals surface area contributed by atoms with Gasteiger partial charge >= 0.3 is 19.8 Å². The van der Waals surface area contributed by atoms with Crippen molar-refractivity contribution in [3.8, 4) is 0 Å². The molecule has 0 aliphatic carbocycles. The van der Waals surface area contributed by atoms with Crippen LogP contribution in [0, 0.1) is 5.92 Å². The van der Waals surface area contributed by atoms with Crippen molar-refractivity contribution in [3.05, 3.63) is 48.6 Å². The first-order chi connectivity index (χ1) is 28.0. The highest BCUT2D eigenvalue weighted by Crippen LogP contribution is 2.43. The Kier molecular flexibility index (Phi) is 38.8. The topological polar surface area (TPSA) is 169 Å². The zero-order chi connectivity index (χ0) is 43.0. The van der Waals surface area contributed by atoms with Gasteiger partial charge in [-0.25, -0.2) is 4.57 Å². The number of ether oxygens (including phenoxy) is 2. The maximum absolute atomic E-state index is 12.6. The van der Waals surface area contributed by atoms with Crippen LogP contribution in [-0.2, 0) is 32.7 Å². The lowest BCUT2D eigenvalue weighted by Crippen LogP contribution is -2.29. The van der Waals surface area contributed by atoms with Gasteiger partial charge in [0, 0.05) is 12.8 Å². The van der Waals surface area contributed by atoms with E-state index in [-0.39, 0.29) is 25.6 Å². The highest BCUT2D eigenvalue weighted by molar-refractivity contribution is 7.47. The van der Waals surface area contributed by atoms with Gasteiger partial charge in [-0.15, -0.1) is 0 Å². The van der Waals surface area contributed by atoms with Gasteiger partial charge < -0.3 is 29.7 Å². The number of hydrogen-bond acceptors (Lipinski definition) is 10. The van der Waals surface area contributed by atoms with E-state index in [4.69, 9.17) is 19.1 Å². The number of unbranched alkanes of at least 4 members (excludes halogenated alkanes) is 14. The lowest BCUT2D eigenvalue weighted by Gasteiger charge is -2.20. The molecule has 0 radical (unpaired) electrons. The molecule has 0 saturated carbocycles. The Hall–Kier alpha value is -2.11. The van der Waals surface area contributed by atoms with Gasteiger partial charge in [0.05, 0.1) is 25.9 Å². The molecule has 338 valence electrons. The zero-order valence-electron chi connectivity index (χ0n) is 36.5. The average Bonchev–Trinajstić information content (AvgIpc) is 3.20. The van der Waals surface area contributed by atoms with Crippen molar-refractivity contribution >= 4 is 19.8 Å². The summed E-state index contributed by atoms with van der Waals surface area (Å²) in [5.41, 5.74) is 0. The summed E-state index contributed by atoms with van der Waals surface area (Å²) in [5.74, 6) is -0.191. The molecule has 0 aromatic carbocycles. The molecule has 0 rings (SSSR count). The highest BCUT2D eigenvalue weighted by atomic mass is 31.2. The van der Waals surface area contributed by atoms with Crippen LogP contribution in [0.2, 0.25) is 0 Å². The molecule has 58 heavy (non-hydrogen) atoms. The smallest absolute Gasteiger partial charge is 0.462 e. The minimum absolute atomic E-state index is 0.152. The standard InChI is InChI=1S/C46H83O11P/c1-4-42(48)34-30-26-22-18-14-10-6-8-11-15-19-23-27-31-35-45(50)54-39-44(40-56-58(52,53)55-38-43(49)37-47)57-46(51)36-32-28-24-20-16-12-7-5-9-13-17-21-25-29-33-41(2)3/h8,10-11,14,19,22-23,26,41-44,47-49H,4-7,9,12-13,15-18,20-21,24-25,27-40H2,1-3H3,(H,52,53)/b11-8-,14-10-,23-19-,26-22-/t42-,43-,44+/m0/s1. The van der Waals surface area contributed by atoms with Crippen molar-refractivity contribution in [2.24, 2.45) is 5.92 Å². The third kappa shape index (κ3) is 40.7. The van der Waals surface area contributed by atoms with Crippen LogP contribution in [0.5, 0.6) is 0 Å². The SMILES string of the molecule is CC[C@H](O)CC/C=C\C/C=C\C/C=C\C/C=C\CCCC(=O)OC[C@H](COP(=O)(O)OC[C@@H](O)CO)OC(=O)CCCCCCCCCCCCCCCCC(C)C. The summed E-state index contributed by atoms with van der Waals surface area (Å²) in [4.78, 5) is 35.0. The molecule has 0 fully saturated rings. The molecule has 0 amide bonds. The fourth-order valence-corrected chi connectivity index (χ4v) is 6.71. The quantitative estimate of drug-likeness (QED) is 0.0200. The van der Waals surface area contributed by atoms with Gasteiger partial charge in [0.2, 0.25) is 0 Å². The summed E-state index contributed by atoms with van der Waals surface area (Å²) in [6.45, 7) is 4.37. The molecule has 11 nitrogen and oxygen atoms in total. The number of aliphatic hydroxyl groups excluding tert-OH is 3. The Morgan fingerprint density at radius 1 is 0.569 bits per heavy atom. The maximum atomic E-state index is 12.6. The Balaban J connectivity index is 4.36.